The van der Waals surface area contributed by atoms with Crippen molar-refractivity contribution in [3.05, 3.63) is 0 Å². The summed E-state index contributed by atoms with van der Waals surface area (Å²) in [4.78, 5) is 33.2. The molecular weight excluding hydrogens is 491 g/mol. The summed E-state index contributed by atoms with van der Waals surface area (Å²) >= 11 is 0. The number of hydrogen-bond donors (Lipinski definition) is 6. The minimum Gasteiger partial charge on any atom is -0.462 e. The molecule has 1 aliphatic rings. The van der Waals surface area contributed by atoms with E-state index >= 15 is 0 Å². The van der Waals surface area contributed by atoms with Gasteiger partial charge in [0.1, 0.15) is 43.2 Å². The van der Waals surface area contributed by atoms with E-state index in [1.54, 1.807) is 0 Å². The van der Waals surface area contributed by atoms with Crippen LogP contribution in [0.4, 0.5) is 0 Å². The molecule has 1 saturated carbocycles. The Balaban J connectivity index is 2.60. The van der Waals surface area contributed by atoms with Crippen LogP contribution in [0.15, 0.2) is 0 Å². The zero-order valence-corrected chi connectivity index (χ0v) is 21.0. The lowest BCUT2D eigenvalue weighted by Crippen LogP contribution is -2.64. The lowest BCUT2D eigenvalue weighted by atomic mass is 9.85. The number of phosphoric acid groups is 1. The van der Waals surface area contributed by atoms with Crippen LogP contribution in [-0.4, -0.2) is 98.3 Å². The minimum absolute atomic E-state index is 0.0934. The molecule has 0 spiro atoms. The lowest BCUT2D eigenvalue weighted by molar-refractivity contribution is -0.220. The van der Waals surface area contributed by atoms with Gasteiger partial charge in [0.2, 0.25) is 0 Å². The normalized spacial score (nSPS) is 29.3. The molecule has 0 bridgehead atoms. The second-order valence-corrected chi connectivity index (χ2v) is 9.98. The zero-order valence-electron chi connectivity index (χ0n) is 20.1. The first kappa shape index (κ1) is 31.9. The van der Waals surface area contributed by atoms with Crippen molar-refractivity contribution in [3.8, 4) is 0 Å². The summed E-state index contributed by atoms with van der Waals surface area (Å²) in [7, 11) is -5.05. The Labute approximate surface area is 204 Å². The lowest BCUT2D eigenvalue weighted by Gasteiger charge is -2.41. The first-order valence-corrected chi connectivity index (χ1v) is 13.3. The van der Waals surface area contributed by atoms with Gasteiger partial charge < -0.3 is 39.9 Å². The maximum atomic E-state index is 12.3. The minimum atomic E-state index is -5.05. The molecule has 0 saturated heterocycles. The molecule has 6 N–H and O–H groups in total. The van der Waals surface area contributed by atoms with E-state index in [0.29, 0.717) is 6.42 Å². The van der Waals surface area contributed by atoms with E-state index in [0.717, 1.165) is 39.0 Å². The Morgan fingerprint density at radius 3 is 1.89 bits per heavy atom. The van der Waals surface area contributed by atoms with Crippen molar-refractivity contribution >= 4 is 19.8 Å². The summed E-state index contributed by atoms with van der Waals surface area (Å²) in [5, 5.41) is 48.9. The number of phosphoric ester groups is 1. The summed E-state index contributed by atoms with van der Waals surface area (Å²) in [6.45, 7) is 2.04. The molecule has 6 unspecified atom stereocenters. The van der Waals surface area contributed by atoms with E-state index in [1.165, 1.54) is 6.42 Å². The van der Waals surface area contributed by atoms with Crippen LogP contribution in [0.25, 0.3) is 0 Å². The number of aliphatic hydroxyl groups excluding tert-OH is 5. The van der Waals surface area contributed by atoms with Crippen LogP contribution in [-0.2, 0) is 32.7 Å². The van der Waals surface area contributed by atoms with E-state index < -0.39 is 75.7 Å². The molecule has 13 nitrogen and oxygen atoms in total. The Morgan fingerprint density at radius 2 is 1.34 bits per heavy atom. The summed E-state index contributed by atoms with van der Waals surface area (Å²) in [6, 6.07) is 0. The predicted molar refractivity (Wildman–Crippen MR) is 120 cm³/mol. The van der Waals surface area contributed by atoms with E-state index in [1.807, 2.05) is 0 Å². The average Bonchev–Trinajstić information content (AvgIpc) is 2.80. The van der Waals surface area contributed by atoms with E-state index in [-0.39, 0.29) is 6.42 Å². The molecule has 0 aromatic carbocycles. The Kier molecular flexibility index (Phi) is 14.4. The molecule has 0 aromatic heterocycles. The van der Waals surface area contributed by atoms with Gasteiger partial charge in [0.25, 0.3) is 0 Å². The predicted octanol–water partition coefficient (Wildman–Crippen LogP) is -0.0777. The fraction of sp³-hybridized carbons (Fsp3) is 0.905. The molecule has 6 atom stereocenters. The van der Waals surface area contributed by atoms with Crippen LogP contribution in [0.5, 0.6) is 0 Å². The number of esters is 2. The number of aliphatic hydroxyl groups is 5. The third kappa shape index (κ3) is 11.6. The summed E-state index contributed by atoms with van der Waals surface area (Å²) in [5.74, 6) is -1.30. The third-order valence-electron chi connectivity index (χ3n) is 5.51. The van der Waals surface area contributed by atoms with Gasteiger partial charge >= 0.3 is 19.8 Å². The molecule has 0 amide bonds. The SMILES string of the molecule is CCCCCCCCCC(=O)OC(COC(C)=O)COP(=O)(O)OC1C(O)C(O)C(O)C(O)C1O. The monoisotopic (exact) mass is 530 g/mol. The molecule has 0 heterocycles. The number of carbonyl (C=O) groups is 2. The summed E-state index contributed by atoms with van der Waals surface area (Å²) in [6.07, 6.45) is -6.11. The van der Waals surface area contributed by atoms with Gasteiger partial charge in [-0.25, -0.2) is 4.57 Å². The highest BCUT2D eigenvalue weighted by atomic mass is 31.2. The van der Waals surface area contributed by atoms with Gasteiger partial charge in [-0.2, -0.15) is 0 Å². The van der Waals surface area contributed by atoms with Gasteiger partial charge in [-0.3, -0.25) is 18.6 Å². The summed E-state index contributed by atoms with van der Waals surface area (Å²) < 4.78 is 31.8. The van der Waals surface area contributed by atoms with Crippen molar-refractivity contribution in [3.63, 3.8) is 0 Å². The molecule has 1 fully saturated rings. The van der Waals surface area contributed by atoms with Gasteiger partial charge in [-0.15, -0.1) is 0 Å². The number of rotatable bonds is 16. The maximum absolute atomic E-state index is 12.3. The van der Waals surface area contributed by atoms with Crippen molar-refractivity contribution in [2.24, 2.45) is 0 Å². The van der Waals surface area contributed by atoms with Crippen LogP contribution in [0, 0.1) is 0 Å². The fourth-order valence-electron chi connectivity index (χ4n) is 3.48. The highest BCUT2D eigenvalue weighted by Gasteiger charge is 2.51. The topological polar surface area (TPSA) is 210 Å². The quantitative estimate of drug-likeness (QED) is 0.0877. The van der Waals surface area contributed by atoms with E-state index in [9.17, 15) is 44.6 Å². The van der Waals surface area contributed by atoms with Gasteiger partial charge in [-0.1, -0.05) is 45.4 Å². The highest BCUT2D eigenvalue weighted by molar-refractivity contribution is 7.47. The standard InChI is InChI=1S/C21H39O13P/c1-3-4-5-6-7-8-9-10-15(23)33-14(11-31-13(2)22)12-32-35(29,30)34-21-19(27)17(25)16(24)18(26)20(21)28/h14,16-21,24-28H,3-12H2,1-2H3,(H,29,30). The number of unbranched alkanes of at least 4 members (excludes halogenated alkanes) is 6. The first-order chi connectivity index (χ1) is 16.4. The Morgan fingerprint density at radius 1 is 0.829 bits per heavy atom. The number of hydrogen-bond acceptors (Lipinski definition) is 12. The van der Waals surface area contributed by atoms with Crippen molar-refractivity contribution in [1.82, 2.24) is 0 Å². The molecule has 0 radical (unpaired) electrons. The van der Waals surface area contributed by atoms with Crippen LogP contribution >= 0.6 is 7.82 Å². The number of ether oxygens (including phenoxy) is 2. The second-order valence-electron chi connectivity index (χ2n) is 8.57. The van der Waals surface area contributed by atoms with Gasteiger partial charge in [0, 0.05) is 13.3 Å². The second kappa shape index (κ2) is 15.9. The summed E-state index contributed by atoms with van der Waals surface area (Å²) in [5.41, 5.74) is 0. The zero-order chi connectivity index (χ0) is 26.6. The van der Waals surface area contributed by atoms with Crippen molar-refractivity contribution in [2.45, 2.75) is 108 Å². The van der Waals surface area contributed by atoms with Crippen LogP contribution in [0.2, 0.25) is 0 Å². The van der Waals surface area contributed by atoms with Crippen molar-refractivity contribution in [1.29, 1.82) is 0 Å². The van der Waals surface area contributed by atoms with Crippen molar-refractivity contribution in [2.75, 3.05) is 13.2 Å². The molecule has 35 heavy (non-hydrogen) atoms. The smallest absolute Gasteiger partial charge is 0.462 e. The van der Waals surface area contributed by atoms with Crippen molar-refractivity contribution < 1.29 is 63.1 Å². The molecule has 0 aromatic rings. The van der Waals surface area contributed by atoms with Crippen LogP contribution in [0.1, 0.15) is 65.2 Å². The molecule has 1 rings (SSSR count). The van der Waals surface area contributed by atoms with Gasteiger partial charge in [-0.05, 0) is 6.42 Å². The van der Waals surface area contributed by atoms with Gasteiger partial charge in [0.05, 0.1) is 6.61 Å². The molecule has 206 valence electrons. The molecule has 14 heteroatoms. The van der Waals surface area contributed by atoms with Gasteiger partial charge in [0.15, 0.2) is 6.10 Å². The first-order valence-electron chi connectivity index (χ1n) is 11.8. The molecule has 0 aliphatic heterocycles. The average molecular weight is 531 g/mol. The highest BCUT2D eigenvalue weighted by Crippen LogP contribution is 2.47. The van der Waals surface area contributed by atoms with E-state index in [4.69, 9.17) is 18.5 Å². The fourth-order valence-corrected chi connectivity index (χ4v) is 4.45. The van der Waals surface area contributed by atoms with Crippen LogP contribution in [0.3, 0.4) is 0 Å². The van der Waals surface area contributed by atoms with E-state index in [2.05, 4.69) is 6.92 Å². The Hall–Kier alpha value is -1.15. The Bertz CT molecular complexity index is 674. The number of carbonyl (C=O) groups excluding carboxylic acids is 2. The molecule has 1 aliphatic carbocycles. The largest absolute Gasteiger partial charge is 0.472 e. The molecular formula is C21H39O13P. The third-order valence-corrected chi connectivity index (χ3v) is 6.49. The maximum Gasteiger partial charge on any atom is 0.472 e. The van der Waals surface area contributed by atoms with Crippen LogP contribution < -0.4 is 0 Å².